The first-order valence-corrected chi connectivity index (χ1v) is 9.74. The van der Waals surface area contributed by atoms with Crippen LogP contribution in [-0.4, -0.2) is 12.6 Å². The normalized spacial score (nSPS) is 11.4. The summed E-state index contributed by atoms with van der Waals surface area (Å²) in [5.74, 6) is -0.262. The molecule has 0 N–H and O–H groups in total. The highest BCUT2D eigenvalue weighted by Crippen LogP contribution is 2.39. The van der Waals surface area contributed by atoms with Crippen molar-refractivity contribution < 1.29 is 9.53 Å². The van der Waals surface area contributed by atoms with Crippen LogP contribution < -0.4 is 0 Å². The zero-order valence-corrected chi connectivity index (χ0v) is 16.5. The number of carbonyl (C=O) groups excluding carboxylic acids is 1. The minimum atomic E-state index is -0.262. The van der Waals surface area contributed by atoms with Gasteiger partial charge in [-0.25, -0.2) is 4.79 Å². The van der Waals surface area contributed by atoms with E-state index in [1.807, 2.05) is 37.3 Å². The van der Waals surface area contributed by atoms with Crippen molar-refractivity contribution in [2.75, 3.05) is 6.61 Å². The zero-order chi connectivity index (χ0) is 18.7. The van der Waals surface area contributed by atoms with E-state index in [-0.39, 0.29) is 11.4 Å². The Morgan fingerprint density at radius 2 is 1.62 bits per heavy atom. The van der Waals surface area contributed by atoms with Gasteiger partial charge in [0.1, 0.15) is 0 Å². The number of hydrogen-bond donors (Lipinski definition) is 0. The van der Waals surface area contributed by atoms with Crippen molar-refractivity contribution in [2.45, 2.75) is 33.1 Å². The maximum Gasteiger partial charge on any atom is 0.340 e. The fourth-order valence-corrected chi connectivity index (χ4v) is 4.00. The molecule has 26 heavy (non-hydrogen) atoms. The quantitative estimate of drug-likeness (QED) is 0.490. The van der Waals surface area contributed by atoms with Crippen LogP contribution in [0.25, 0.3) is 21.6 Å². The van der Waals surface area contributed by atoms with Gasteiger partial charge < -0.3 is 4.74 Å². The molecule has 1 aromatic heterocycles. The van der Waals surface area contributed by atoms with Gasteiger partial charge in [0.2, 0.25) is 0 Å². The Bertz CT molecular complexity index is 884. The van der Waals surface area contributed by atoms with E-state index >= 15 is 0 Å². The molecule has 0 spiro atoms. The molecule has 3 heteroatoms. The molecule has 0 fully saturated rings. The van der Waals surface area contributed by atoms with Crippen LogP contribution in [0.2, 0.25) is 0 Å². The van der Waals surface area contributed by atoms with Crippen molar-refractivity contribution in [3.8, 4) is 21.6 Å². The molecule has 0 aliphatic rings. The smallest absolute Gasteiger partial charge is 0.340 e. The van der Waals surface area contributed by atoms with E-state index in [4.69, 9.17) is 4.74 Å². The van der Waals surface area contributed by atoms with E-state index in [9.17, 15) is 4.79 Å². The molecule has 0 radical (unpaired) electrons. The first-order chi connectivity index (χ1) is 12.4. The molecule has 0 aliphatic carbocycles. The molecule has 0 amide bonds. The predicted molar refractivity (Wildman–Crippen MR) is 110 cm³/mol. The highest BCUT2D eigenvalue weighted by molar-refractivity contribution is 7.14. The highest BCUT2D eigenvalue weighted by Gasteiger charge is 2.22. The SMILES string of the molecule is CCOC(=O)c1c(-c2ccc(C(C)(C)C)cc2)csc1-c1ccccc1. The van der Waals surface area contributed by atoms with Crippen molar-refractivity contribution in [3.63, 3.8) is 0 Å². The second-order valence-electron chi connectivity index (χ2n) is 7.27. The van der Waals surface area contributed by atoms with Gasteiger partial charge in [-0.2, -0.15) is 0 Å². The summed E-state index contributed by atoms with van der Waals surface area (Å²) in [7, 11) is 0. The van der Waals surface area contributed by atoms with Gasteiger partial charge >= 0.3 is 5.97 Å². The zero-order valence-electron chi connectivity index (χ0n) is 15.7. The first kappa shape index (κ1) is 18.4. The molecular weight excluding hydrogens is 340 g/mol. The topological polar surface area (TPSA) is 26.3 Å². The van der Waals surface area contributed by atoms with Crippen molar-refractivity contribution in [2.24, 2.45) is 0 Å². The monoisotopic (exact) mass is 364 g/mol. The van der Waals surface area contributed by atoms with Gasteiger partial charge in [0, 0.05) is 15.8 Å². The molecule has 1 heterocycles. The summed E-state index contributed by atoms with van der Waals surface area (Å²) < 4.78 is 5.36. The van der Waals surface area contributed by atoms with E-state index in [2.05, 4.69) is 50.4 Å². The Morgan fingerprint density at radius 3 is 2.19 bits per heavy atom. The van der Waals surface area contributed by atoms with Gasteiger partial charge in [0.25, 0.3) is 0 Å². The molecule has 0 saturated carbocycles. The van der Waals surface area contributed by atoms with E-state index in [0.717, 1.165) is 21.6 Å². The lowest BCUT2D eigenvalue weighted by Crippen LogP contribution is -2.10. The lowest BCUT2D eigenvalue weighted by atomic mass is 9.86. The Morgan fingerprint density at radius 1 is 0.962 bits per heavy atom. The Labute approximate surface area is 159 Å². The molecule has 0 bridgehead atoms. The summed E-state index contributed by atoms with van der Waals surface area (Å²) >= 11 is 1.59. The van der Waals surface area contributed by atoms with Crippen LogP contribution in [0.4, 0.5) is 0 Å². The number of rotatable bonds is 4. The lowest BCUT2D eigenvalue weighted by molar-refractivity contribution is 0.0528. The van der Waals surface area contributed by atoms with Gasteiger partial charge in [0.15, 0.2) is 0 Å². The van der Waals surface area contributed by atoms with Crippen LogP contribution in [0.5, 0.6) is 0 Å². The number of esters is 1. The van der Waals surface area contributed by atoms with E-state index < -0.39 is 0 Å². The molecular formula is C23H24O2S. The second-order valence-corrected chi connectivity index (χ2v) is 8.15. The molecule has 134 valence electrons. The van der Waals surface area contributed by atoms with Gasteiger partial charge in [0.05, 0.1) is 12.2 Å². The molecule has 2 nitrogen and oxygen atoms in total. The average Bonchev–Trinajstić information content (AvgIpc) is 3.07. The first-order valence-electron chi connectivity index (χ1n) is 8.86. The largest absolute Gasteiger partial charge is 0.462 e. The maximum absolute atomic E-state index is 12.7. The van der Waals surface area contributed by atoms with Gasteiger partial charge in [-0.05, 0) is 29.0 Å². The van der Waals surface area contributed by atoms with Gasteiger partial charge in [-0.15, -0.1) is 11.3 Å². The maximum atomic E-state index is 12.7. The number of ether oxygens (including phenoxy) is 1. The van der Waals surface area contributed by atoms with Crippen LogP contribution in [0.1, 0.15) is 43.6 Å². The summed E-state index contributed by atoms with van der Waals surface area (Å²) in [6.07, 6.45) is 0. The Hall–Kier alpha value is -2.39. The molecule has 3 aromatic rings. The summed E-state index contributed by atoms with van der Waals surface area (Å²) in [6.45, 7) is 8.80. The standard InChI is InChI=1S/C23H24O2S/c1-5-25-22(24)20-19(15-26-21(20)17-9-7-6-8-10-17)16-11-13-18(14-12-16)23(2,3)4/h6-15H,5H2,1-4H3. The van der Waals surface area contributed by atoms with E-state index in [1.54, 1.807) is 11.3 Å². The fourth-order valence-electron chi connectivity index (χ4n) is 2.93. The van der Waals surface area contributed by atoms with Crippen LogP contribution in [0.15, 0.2) is 60.0 Å². The third-order valence-electron chi connectivity index (χ3n) is 4.37. The number of carbonyl (C=O) groups is 1. The Balaban J connectivity index is 2.10. The third kappa shape index (κ3) is 3.73. The van der Waals surface area contributed by atoms with Crippen molar-refractivity contribution in [3.05, 3.63) is 71.1 Å². The second kappa shape index (κ2) is 7.46. The summed E-state index contributed by atoms with van der Waals surface area (Å²) in [5.41, 5.74) is 5.06. The van der Waals surface area contributed by atoms with Crippen molar-refractivity contribution in [1.29, 1.82) is 0 Å². The minimum Gasteiger partial charge on any atom is -0.462 e. The van der Waals surface area contributed by atoms with Crippen LogP contribution in [0.3, 0.4) is 0 Å². The third-order valence-corrected chi connectivity index (χ3v) is 5.40. The van der Waals surface area contributed by atoms with Gasteiger partial charge in [-0.3, -0.25) is 0 Å². The molecule has 3 rings (SSSR count). The van der Waals surface area contributed by atoms with Crippen molar-refractivity contribution >= 4 is 17.3 Å². The van der Waals surface area contributed by atoms with E-state index in [1.165, 1.54) is 5.56 Å². The summed E-state index contributed by atoms with van der Waals surface area (Å²) in [6, 6.07) is 18.5. The molecule has 0 unspecified atom stereocenters. The van der Waals surface area contributed by atoms with Crippen LogP contribution in [0, 0.1) is 0 Å². The van der Waals surface area contributed by atoms with E-state index in [0.29, 0.717) is 12.2 Å². The average molecular weight is 365 g/mol. The van der Waals surface area contributed by atoms with Crippen molar-refractivity contribution in [1.82, 2.24) is 0 Å². The highest BCUT2D eigenvalue weighted by atomic mass is 32.1. The molecule has 0 saturated heterocycles. The minimum absolute atomic E-state index is 0.104. The molecule has 2 aromatic carbocycles. The van der Waals surface area contributed by atoms with Crippen LogP contribution >= 0.6 is 11.3 Å². The Kier molecular flexibility index (Phi) is 5.28. The molecule has 0 aliphatic heterocycles. The fraction of sp³-hybridized carbons (Fsp3) is 0.261. The van der Waals surface area contributed by atoms with Crippen LogP contribution in [-0.2, 0) is 10.2 Å². The molecule has 0 atom stereocenters. The number of hydrogen-bond acceptors (Lipinski definition) is 3. The van der Waals surface area contributed by atoms with Gasteiger partial charge in [-0.1, -0.05) is 75.4 Å². The summed E-state index contributed by atoms with van der Waals surface area (Å²) in [5, 5.41) is 2.06. The predicted octanol–water partition coefficient (Wildman–Crippen LogP) is 6.56. The number of thiophene rings is 1. The summed E-state index contributed by atoms with van der Waals surface area (Å²) in [4.78, 5) is 13.7. The number of benzene rings is 2. The lowest BCUT2D eigenvalue weighted by Gasteiger charge is -2.19.